The van der Waals surface area contributed by atoms with Crippen molar-refractivity contribution in [3.8, 4) is 11.1 Å². The van der Waals surface area contributed by atoms with Crippen LogP contribution in [0.4, 0.5) is 15.9 Å². The van der Waals surface area contributed by atoms with Crippen LogP contribution >= 0.6 is 0 Å². The van der Waals surface area contributed by atoms with Crippen molar-refractivity contribution in [2.24, 2.45) is 0 Å². The van der Waals surface area contributed by atoms with E-state index in [0.717, 1.165) is 66.0 Å². The van der Waals surface area contributed by atoms with Gasteiger partial charge in [0.05, 0.1) is 16.6 Å². The third-order valence-electron chi connectivity index (χ3n) is 6.46. The molecule has 0 unspecified atom stereocenters. The summed E-state index contributed by atoms with van der Waals surface area (Å²) in [6.07, 6.45) is 8.27. The summed E-state index contributed by atoms with van der Waals surface area (Å²) in [4.78, 5) is 28.4. The fourth-order valence-electron chi connectivity index (χ4n) is 4.53. The highest BCUT2D eigenvalue weighted by Crippen LogP contribution is 2.31. The molecule has 5 rings (SSSR count). The Morgan fingerprint density at radius 3 is 2.78 bits per heavy atom. The SMILES string of the molecule is CCCCNc1cc(-c2ccc(N3CC[C@H](NC(=O)c4ccccc4F)C3)nc2)c2nccnc2c1. The Morgan fingerprint density at radius 2 is 1.97 bits per heavy atom. The molecule has 1 aliphatic heterocycles. The molecule has 1 saturated heterocycles. The van der Waals surface area contributed by atoms with E-state index in [4.69, 9.17) is 4.98 Å². The summed E-state index contributed by atoms with van der Waals surface area (Å²) in [5.74, 6) is -0.0540. The van der Waals surface area contributed by atoms with E-state index >= 15 is 0 Å². The molecular formula is C28H29FN6O. The van der Waals surface area contributed by atoms with Gasteiger partial charge in [-0.05, 0) is 49.2 Å². The van der Waals surface area contributed by atoms with Crippen LogP contribution in [0.25, 0.3) is 22.2 Å². The molecule has 0 aliphatic carbocycles. The molecule has 0 spiro atoms. The maximum absolute atomic E-state index is 13.9. The van der Waals surface area contributed by atoms with E-state index in [-0.39, 0.29) is 17.5 Å². The Hall–Kier alpha value is -4.07. The largest absolute Gasteiger partial charge is 0.385 e. The van der Waals surface area contributed by atoms with Crippen molar-refractivity contribution >= 4 is 28.4 Å². The number of fused-ring (bicyclic) bond motifs is 1. The molecule has 0 saturated carbocycles. The number of nitrogens with zero attached hydrogens (tertiary/aromatic N) is 4. The lowest BCUT2D eigenvalue weighted by Crippen LogP contribution is -2.37. The van der Waals surface area contributed by atoms with Gasteiger partial charge >= 0.3 is 0 Å². The van der Waals surface area contributed by atoms with E-state index in [9.17, 15) is 9.18 Å². The van der Waals surface area contributed by atoms with Gasteiger partial charge in [0.15, 0.2) is 0 Å². The summed E-state index contributed by atoms with van der Waals surface area (Å²) in [5, 5.41) is 6.43. The van der Waals surface area contributed by atoms with E-state index in [2.05, 4.69) is 38.5 Å². The van der Waals surface area contributed by atoms with Crippen molar-refractivity contribution < 1.29 is 9.18 Å². The maximum atomic E-state index is 13.9. The number of unbranched alkanes of at least 4 members (excludes halogenated alkanes) is 1. The summed E-state index contributed by atoms with van der Waals surface area (Å²) < 4.78 is 13.9. The van der Waals surface area contributed by atoms with Gasteiger partial charge in [-0.1, -0.05) is 25.5 Å². The van der Waals surface area contributed by atoms with Crippen LogP contribution in [0.2, 0.25) is 0 Å². The molecule has 0 radical (unpaired) electrons. The quantitative estimate of drug-likeness (QED) is 0.341. The van der Waals surface area contributed by atoms with Gasteiger partial charge in [0.2, 0.25) is 0 Å². The van der Waals surface area contributed by atoms with Gasteiger partial charge in [0.25, 0.3) is 5.91 Å². The van der Waals surface area contributed by atoms with Crippen LogP contribution in [-0.2, 0) is 0 Å². The zero-order valence-corrected chi connectivity index (χ0v) is 20.2. The van der Waals surface area contributed by atoms with E-state index in [1.54, 1.807) is 24.5 Å². The van der Waals surface area contributed by atoms with Crippen LogP contribution < -0.4 is 15.5 Å². The summed E-state index contributed by atoms with van der Waals surface area (Å²) in [7, 11) is 0. The van der Waals surface area contributed by atoms with Crippen molar-refractivity contribution in [2.75, 3.05) is 29.9 Å². The number of carbonyl (C=O) groups is 1. The average molecular weight is 485 g/mol. The van der Waals surface area contributed by atoms with Crippen LogP contribution in [-0.4, -0.2) is 46.5 Å². The number of nitrogens with one attached hydrogen (secondary N) is 2. The molecule has 1 fully saturated rings. The minimum atomic E-state index is -0.510. The highest BCUT2D eigenvalue weighted by atomic mass is 19.1. The first-order valence-corrected chi connectivity index (χ1v) is 12.4. The van der Waals surface area contributed by atoms with Crippen LogP contribution in [0.5, 0.6) is 0 Å². The number of amides is 1. The van der Waals surface area contributed by atoms with Crippen molar-refractivity contribution in [2.45, 2.75) is 32.2 Å². The standard InChI is InChI=1S/C28H29FN6O/c1-2-3-11-30-21-15-23(27-25(16-21)31-12-13-32-27)19-8-9-26(33-17-19)35-14-10-20(18-35)34-28(36)22-6-4-5-7-24(22)29/h4-9,12-13,15-17,20,30H,2-3,10-11,14,18H2,1H3,(H,34,36)/t20-/m0/s1. The summed E-state index contributed by atoms with van der Waals surface area (Å²) in [6, 6.07) is 14.2. The zero-order chi connectivity index (χ0) is 24.9. The number of halogens is 1. The topological polar surface area (TPSA) is 83.0 Å². The molecule has 8 heteroatoms. The van der Waals surface area contributed by atoms with Gasteiger partial charge in [-0.3, -0.25) is 14.8 Å². The fourth-order valence-corrected chi connectivity index (χ4v) is 4.53. The number of pyridine rings is 1. The molecule has 1 atom stereocenters. The Kier molecular flexibility index (Phi) is 7.02. The highest BCUT2D eigenvalue weighted by Gasteiger charge is 2.26. The first kappa shape index (κ1) is 23.7. The number of hydrogen-bond donors (Lipinski definition) is 2. The predicted octanol–water partition coefficient (Wildman–Crippen LogP) is 5.05. The van der Waals surface area contributed by atoms with Crippen LogP contribution in [0, 0.1) is 5.82 Å². The van der Waals surface area contributed by atoms with Gasteiger partial charge in [-0.2, -0.15) is 0 Å². The predicted molar refractivity (Wildman–Crippen MR) is 141 cm³/mol. The lowest BCUT2D eigenvalue weighted by Gasteiger charge is -2.18. The number of carbonyl (C=O) groups excluding carboxylic acids is 1. The van der Waals surface area contributed by atoms with E-state index < -0.39 is 5.82 Å². The normalized spacial score (nSPS) is 15.3. The van der Waals surface area contributed by atoms with E-state index in [0.29, 0.717) is 6.54 Å². The van der Waals surface area contributed by atoms with Crippen molar-refractivity contribution in [3.05, 3.63) is 78.5 Å². The van der Waals surface area contributed by atoms with Crippen molar-refractivity contribution in [3.63, 3.8) is 0 Å². The van der Waals surface area contributed by atoms with Crippen molar-refractivity contribution in [1.82, 2.24) is 20.3 Å². The van der Waals surface area contributed by atoms with E-state index in [1.165, 1.54) is 12.1 Å². The van der Waals surface area contributed by atoms with Gasteiger partial charge < -0.3 is 15.5 Å². The fraction of sp³-hybridized carbons (Fsp3) is 0.286. The maximum Gasteiger partial charge on any atom is 0.254 e. The number of aromatic nitrogens is 3. The third kappa shape index (κ3) is 5.12. The van der Waals surface area contributed by atoms with Gasteiger partial charge in [-0.25, -0.2) is 9.37 Å². The molecule has 184 valence electrons. The first-order valence-electron chi connectivity index (χ1n) is 12.4. The molecule has 3 heterocycles. The van der Waals surface area contributed by atoms with Crippen LogP contribution in [0.3, 0.4) is 0 Å². The molecule has 2 N–H and O–H groups in total. The third-order valence-corrected chi connectivity index (χ3v) is 6.46. The number of anilines is 2. The highest BCUT2D eigenvalue weighted by molar-refractivity contribution is 5.95. The Morgan fingerprint density at radius 1 is 1.11 bits per heavy atom. The summed E-state index contributed by atoms with van der Waals surface area (Å²) >= 11 is 0. The zero-order valence-electron chi connectivity index (χ0n) is 20.2. The molecule has 1 aliphatic rings. The van der Waals surface area contributed by atoms with Crippen LogP contribution in [0.1, 0.15) is 36.5 Å². The van der Waals surface area contributed by atoms with E-state index in [1.807, 2.05) is 24.4 Å². The Bertz CT molecular complexity index is 1360. The molecule has 2 aromatic heterocycles. The summed E-state index contributed by atoms with van der Waals surface area (Å²) in [6.45, 7) is 4.46. The Balaban J connectivity index is 1.30. The molecule has 36 heavy (non-hydrogen) atoms. The lowest BCUT2D eigenvalue weighted by molar-refractivity contribution is 0.0936. The van der Waals surface area contributed by atoms with Crippen LogP contribution in [0.15, 0.2) is 67.1 Å². The lowest BCUT2D eigenvalue weighted by atomic mass is 10.0. The average Bonchev–Trinajstić information content (AvgIpc) is 3.37. The minimum absolute atomic E-state index is 0.0660. The number of benzene rings is 2. The molecule has 7 nitrogen and oxygen atoms in total. The molecule has 1 amide bonds. The monoisotopic (exact) mass is 484 g/mol. The smallest absolute Gasteiger partial charge is 0.254 e. The minimum Gasteiger partial charge on any atom is -0.385 e. The van der Waals surface area contributed by atoms with Crippen molar-refractivity contribution in [1.29, 1.82) is 0 Å². The molecule has 2 aromatic carbocycles. The Labute approximate surface area is 209 Å². The first-order chi connectivity index (χ1) is 17.6. The molecule has 4 aromatic rings. The summed E-state index contributed by atoms with van der Waals surface area (Å²) in [5.41, 5.74) is 4.71. The molecule has 0 bridgehead atoms. The second kappa shape index (κ2) is 10.7. The second-order valence-corrected chi connectivity index (χ2v) is 9.02. The second-order valence-electron chi connectivity index (χ2n) is 9.02. The number of hydrogen-bond acceptors (Lipinski definition) is 6. The number of rotatable bonds is 8. The van der Waals surface area contributed by atoms with Gasteiger partial charge in [0.1, 0.15) is 11.6 Å². The van der Waals surface area contributed by atoms with Gasteiger partial charge in [0, 0.05) is 61.1 Å². The van der Waals surface area contributed by atoms with Gasteiger partial charge in [-0.15, -0.1) is 0 Å². The molecular weight excluding hydrogens is 455 g/mol.